The van der Waals surface area contributed by atoms with E-state index in [1.54, 1.807) is 19.4 Å². The van der Waals surface area contributed by atoms with Gasteiger partial charge in [0.2, 0.25) is 0 Å². The lowest BCUT2D eigenvalue weighted by molar-refractivity contribution is -0.115. The summed E-state index contributed by atoms with van der Waals surface area (Å²) in [6.07, 6.45) is 3.32. The van der Waals surface area contributed by atoms with Crippen LogP contribution in [0.2, 0.25) is 0 Å². The first-order valence-corrected chi connectivity index (χ1v) is 6.44. The van der Waals surface area contributed by atoms with E-state index in [0.717, 1.165) is 5.56 Å². The van der Waals surface area contributed by atoms with Gasteiger partial charge >= 0.3 is 0 Å². The Kier molecular flexibility index (Phi) is 3.47. The Morgan fingerprint density at radius 3 is 2.71 bits per heavy atom. The number of ether oxygens (including phenoxy) is 1. The lowest BCUT2D eigenvalue weighted by Crippen LogP contribution is -2.25. The lowest BCUT2D eigenvalue weighted by atomic mass is 10.2. The van der Waals surface area contributed by atoms with E-state index in [1.165, 1.54) is 0 Å². The van der Waals surface area contributed by atoms with Gasteiger partial charge in [-0.2, -0.15) is 0 Å². The molecule has 2 aromatic rings. The van der Waals surface area contributed by atoms with Gasteiger partial charge in [0.15, 0.2) is 0 Å². The standard InChI is InChI=1S/C16H13N3O2/c1-21-14-8-3-2-7-12(14)15-18-13(16(20)19-15)10-11-6-4-5-9-17-11/h2-10H,1H3,(H,18,19,20)/b13-10+. The van der Waals surface area contributed by atoms with Crippen molar-refractivity contribution in [3.8, 4) is 5.75 Å². The first-order chi connectivity index (χ1) is 10.3. The van der Waals surface area contributed by atoms with Crippen LogP contribution >= 0.6 is 0 Å². The Morgan fingerprint density at radius 2 is 1.95 bits per heavy atom. The first kappa shape index (κ1) is 13.1. The van der Waals surface area contributed by atoms with E-state index in [1.807, 2.05) is 42.5 Å². The molecular weight excluding hydrogens is 266 g/mol. The average molecular weight is 279 g/mol. The number of hydrogen-bond donors (Lipinski definition) is 1. The summed E-state index contributed by atoms with van der Waals surface area (Å²) in [4.78, 5) is 20.5. The van der Waals surface area contributed by atoms with Gasteiger partial charge in [-0.3, -0.25) is 9.78 Å². The van der Waals surface area contributed by atoms with Gasteiger partial charge in [0.05, 0.1) is 18.4 Å². The highest BCUT2D eigenvalue weighted by Gasteiger charge is 2.23. The molecule has 3 rings (SSSR count). The average Bonchev–Trinajstić information content (AvgIpc) is 2.89. The van der Waals surface area contributed by atoms with E-state index in [4.69, 9.17) is 4.74 Å². The van der Waals surface area contributed by atoms with Gasteiger partial charge in [-0.1, -0.05) is 18.2 Å². The maximum absolute atomic E-state index is 12.0. The minimum absolute atomic E-state index is 0.249. The van der Waals surface area contributed by atoms with Crippen molar-refractivity contribution in [3.05, 3.63) is 65.6 Å². The Morgan fingerprint density at radius 1 is 1.14 bits per heavy atom. The number of carbonyl (C=O) groups is 1. The number of hydrogen-bond acceptors (Lipinski definition) is 4. The molecule has 1 aromatic heterocycles. The van der Waals surface area contributed by atoms with Crippen molar-refractivity contribution in [2.24, 2.45) is 4.99 Å². The summed E-state index contributed by atoms with van der Waals surface area (Å²) < 4.78 is 5.28. The van der Waals surface area contributed by atoms with Crippen molar-refractivity contribution in [1.29, 1.82) is 0 Å². The minimum Gasteiger partial charge on any atom is -0.496 e. The SMILES string of the molecule is COc1ccccc1C1=N/C(=C/c2ccccn2)C(=O)N1. The molecule has 0 bridgehead atoms. The molecule has 2 heterocycles. The van der Waals surface area contributed by atoms with Crippen LogP contribution in [0.3, 0.4) is 0 Å². The topological polar surface area (TPSA) is 63.6 Å². The van der Waals surface area contributed by atoms with Crippen LogP contribution in [-0.4, -0.2) is 23.8 Å². The van der Waals surface area contributed by atoms with Gasteiger partial charge in [-0.15, -0.1) is 0 Å². The normalized spacial score (nSPS) is 15.8. The second-order valence-corrected chi connectivity index (χ2v) is 4.40. The molecule has 0 aliphatic carbocycles. The number of aliphatic imine (C=N–C) groups is 1. The molecule has 21 heavy (non-hydrogen) atoms. The number of para-hydroxylation sites is 1. The van der Waals surface area contributed by atoms with E-state index >= 15 is 0 Å². The number of pyridine rings is 1. The van der Waals surface area contributed by atoms with Crippen LogP contribution in [0.25, 0.3) is 6.08 Å². The molecule has 5 nitrogen and oxygen atoms in total. The molecule has 0 spiro atoms. The van der Waals surface area contributed by atoms with E-state index in [9.17, 15) is 4.79 Å². The molecule has 0 saturated carbocycles. The number of amidine groups is 1. The van der Waals surface area contributed by atoms with Gasteiger partial charge in [-0.05, 0) is 30.3 Å². The summed E-state index contributed by atoms with van der Waals surface area (Å²) in [6.45, 7) is 0. The third-order valence-corrected chi connectivity index (χ3v) is 3.03. The van der Waals surface area contributed by atoms with Crippen molar-refractivity contribution in [2.75, 3.05) is 7.11 Å². The summed E-state index contributed by atoms with van der Waals surface area (Å²) in [5.41, 5.74) is 1.76. The molecule has 0 saturated heterocycles. The second-order valence-electron chi connectivity index (χ2n) is 4.40. The Balaban J connectivity index is 1.98. The highest BCUT2D eigenvalue weighted by molar-refractivity contribution is 6.20. The molecule has 1 N–H and O–H groups in total. The first-order valence-electron chi connectivity index (χ1n) is 6.44. The minimum atomic E-state index is -0.249. The van der Waals surface area contributed by atoms with E-state index < -0.39 is 0 Å². The van der Waals surface area contributed by atoms with Crippen molar-refractivity contribution in [1.82, 2.24) is 10.3 Å². The predicted octanol–water partition coefficient (Wildman–Crippen LogP) is 2.01. The molecule has 1 aliphatic heterocycles. The molecule has 0 unspecified atom stereocenters. The molecule has 1 amide bonds. The summed E-state index contributed by atoms with van der Waals surface area (Å²) in [6, 6.07) is 12.9. The quantitative estimate of drug-likeness (QED) is 0.874. The fraction of sp³-hybridized carbons (Fsp3) is 0.0625. The van der Waals surface area contributed by atoms with Crippen LogP contribution < -0.4 is 10.1 Å². The maximum Gasteiger partial charge on any atom is 0.275 e. The summed E-state index contributed by atoms with van der Waals surface area (Å²) >= 11 is 0. The highest BCUT2D eigenvalue weighted by atomic mass is 16.5. The largest absolute Gasteiger partial charge is 0.496 e. The van der Waals surface area contributed by atoms with Gasteiger partial charge in [0.1, 0.15) is 17.3 Å². The second kappa shape index (κ2) is 5.58. The number of methoxy groups -OCH3 is 1. The van der Waals surface area contributed by atoms with E-state index in [-0.39, 0.29) is 5.91 Å². The van der Waals surface area contributed by atoms with Crippen LogP contribution in [0.15, 0.2) is 59.4 Å². The summed E-state index contributed by atoms with van der Waals surface area (Å²) in [5, 5.41) is 2.75. The van der Waals surface area contributed by atoms with E-state index in [2.05, 4.69) is 15.3 Å². The van der Waals surface area contributed by atoms with Crippen LogP contribution in [-0.2, 0) is 4.79 Å². The molecule has 0 fully saturated rings. The smallest absolute Gasteiger partial charge is 0.275 e. The van der Waals surface area contributed by atoms with Crippen molar-refractivity contribution in [3.63, 3.8) is 0 Å². The number of nitrogens with zero attached hydrogens (tertiary/aromatic N) is 2. The van der Waals surface area contributed by atoms with Crippen LogP contribution in [0, 0.1) is 0 Å². The molecule has 0 atom stereocenters. The summed E-state index contributed by atoms with van der Waals surface area (Å²) in [5.74, 6) is 0.900. The van der Waals surface area contributed by atoms with Gasteiger partial charge in [0, 0.05) is 6.20 Å². The summed E-state index contributed by atoms with van der Waals surface area (Å²) in [7, 11) is 1.58. The number of carbonyl (C=O) groups excluding carboxylic acids is 1. The number of amides is 1. The Bertz CT molecular complexity index is 736. The van der Waals surface area contributed by atoms with Crippen LogP contribution in [0.1, 0.15) is 11.3 Å². The highest BCUT2D eigenvalue weighted by Crippen LogP contribution is 2.21. The number of aromatic nitrogens is 1. The number of nitrogens with one attached hydrogen (secondary N) is 1. The van der Waals surface area contributed by atoms with Crippen LogP contribution in [0.5, 0.6) is 5.75 Å². The maximum atomic E-state index is 12.0. The third kappa shape index (κ3) is 2.67. The van der Waals surface area contributed by atoms with Gasteiger partial charge < -0.3 is 10.1 Å². The van der Waals surface area contributed by atoms with Crippen molar-refractivity contribution < 1.29 is 9.53 Å². The Hall–Kier alpha value is -2.95. The van der Waals surface area contributed by atoms with Gasteiger partial charge in [-0.25, -0.2) is 4.99 Å². The fourth-order valence-electron chi connectivity index (χ4n) is 2.04. The molecule has 104 valence electrons. The fourth-order valence-corrected chi connectivity index (χ4v) is 2.04. The lowest BCUT2D eigenvalue weighted by Gasteiger charge is -2.06. The van der Waals surface area contributed by atoms with Gasteiger partial charge in [0.25, 0.3) is 5.91 Å². The number of benzene rings is 1. The van der Waals surface area contributed by atoms with E-state index in [0.29, 0.717) is 23.0 Å². The zero-order chi connectivity index (χ0) is 14.7. The zero-order valence-corrected chi connectivity index (χ0v) is 11.4. The predicted molar refractivity (Wildman–Crippen MR) is 79.9 cm³/mol. The Labute approximate surface area is 122 Å². The van der Waals surface area contributed by atoms with Crippen LogP contribution in [0.4, 0.5) is 0 Å². The van der Waals surface area contributed by atoms with Crippen molar-refractivity contribution >= 4 is 17.8 Å². The molecule has 0 radical (unpaired) electrons. The number of rotatable bonds is 3. The zero-order valence-electron chi connectivity index (χ0n) is 11.4. The molecule has 5 heteroatoms. The third-order valence-electron chi connectivity index (χ3n) is 3.03. The monoisotopic (exact) mass is 279 g/mol. The van der Waals surface area contributed by atoms with Crippen molar-refractivity contribution in [2.45, 2.75) is 0 Å². The molecule has 1 aliphatic rings. The molecular formula is C16H13N3O2. The molecule has 1 aromatic carbocycles.